The highest BCUT2D eigenvalue weighted by Gasteiger charge is 2.38. The van der Waals surface area contributed by atoms with Crippen LogP contribution < -0.4 is 15.8 Å². The molecule has 1 aliphatic heterocycles. The van der Waals surface area contributed by atoms with Crippen LogP contribution in [-0.2, 0) is 4.79 Å². The zero-order chi connectivity index (χ0) is 19.9. The summed E-state index contributed by atoms with van der Waals surface area (Å²) in [5.74, 6) is -0.754. The van der Waals surface area contributed by atoms with Crippen molar-refractivity contribution in [2.24, 2.45) is 16.1 Å². The van der Waals surface area contributed by atoms with E-state index in [0.717, 1.165) is 11.3 Å². The number of amides is 1. The summed E-state index contributed by atoms with van der Waals surface area (Å²) in [6, 6.07) is 18.9. The Labute approximate surface area is 169 Å². The Morgan fingerprint density at radius 1 is 1.21 bits per heavy atom. The Morgan fingerprint density at radius 3 is 2.50 bits per heavy atom. The lowest BCUT2D eigenvalue weighted by Crippen LogP contribution is -2.37. The van der Waals surface area contributed by atoms with E-state index in [1.165, 1.54) is 5.01 Å². The fourth-order valence-electron chi connectivity index (χ4n) is 2.85. The first-order chi connectivity index (χ1) is 13.6. The third-order valence-electron chi connectivity index (χ3n) is 4.16. The predicted octanol–water partition coefficient (Wildman–Crippen LogP) is 3.08. The molecule has 1 atom stereocenters. The van der Waals surface area contributed by atoms with Crippen molar-refractivity contribution in [1.82, 2.24) is 10.7 Å². The zero-order valence-corrected chi connectivity index (χ0v) is 16.3. The molecule has 2 N–H and O–H groups in total. The summed E-state index contributed by atoms with van der Waals surface area (Å²) in [4.78, 5) is 13.2. The number of carbonyl (C=O) groups excluding carboxylic acids is 1. The maximum absolute atomic E-state index is 13.2. The smallest absolute Gasteiger partial charge is 0.262 e. The molecule has 0 spiro atoms. The molecular formula is C21H21N5OS. The number of hydrogen-bond acceptors (Lipinski definition) is 4. The maximum Gasteiger partial charge on any atom is 0.262 e. The Morgan fingerprint density at radius 2 is 1.86 bits per heavy atom. The summed E-state index contributed by atoms with van der Waals surface area (Å²) in [6.07, 6.45) is 1.70. The standard InChI is InChI=1S/C21H21N5OS/c1-3-14-22-21(28)24-23-19(16-10-6-4-7-11-16)18-15(2)25-26(20(18)27)17-12-8-5-9-13-17/h3-13,18H,1,14H2,2H3,(H2,22,24,28)/b23-19-. The lowest BCUT2D eigenvalue weighted by Gasteiger charge is -2.17. The summed E-state index contributed by atoms with van der Waals surface area (Å²) in [7, 11) is 0. The zero-order valence-electron chi connectivity index (χ0n) is 15.5. The van der Waals surface area contributed by atoms with E-state index < -0.39 is 5.92 Å². The molecule has 28 heavy (non-hydrogen) atoms. The van der Waals surface area contributed by atoms with Crippen LogP contribution in [0.4, 0.5) is 5.69 Å². The second kappa shape index (κ2) is 9.05. The van der Waals surface area contributed by atoms with Gasteiger partial charge in [-0.2, -0.15) is 15.2 Å². The first kappa shape index (κ1) is 19.4. The molecule has 1 aliphatic rings. The highest BCUT2D eigenvalue weighted by molar-refractivity contribution is 7.80. The number of anilines is 1. The average Bonchev–Trinajstić information content (AvgIpc) is 3.02. The van der Waals surface area contributed by atoms with Crippen LogP contribution in [-0.4, -0.2) is 29.0 Å². The number of hydrogen-bond donors (Lipinski definition) is 2. The van der Waals surface area contributed by atoms with E-state index in [1.54, 1.807) is 6.08 Å². The minimum absolute atomic E-state index is 0.155. The summed E-state index contributed by atoms with van der Waals surface area (Å²) < 4.78 is 0. The van der Waals surface area contributed by atoms with E-state index in [9.17, 15) is 4.79 Å². The lowest BCUT2D eigenvalue weighted by molar-refractivity contribution is -0.118. The van der Waals surface area contributed by atoms with Crippen molar-refractivity contribution in [3.05, 3.63) is 78.9 Å². The molecule has 6 nitrogen and oxygen atoms in total. The van der Waals surface area contributed by atoms with Crippen molar-refractivity contribution in [3.8, 4) is 0 Å². The van der Waals surface area contributed by atoms with Crippen LogP contribution in [0.1, 0.15) is 12.5 Å². The van der Waals surface area contributed by atoms with Crippen molar-refractivity contribution in [3.63, 3.8) is 0 Å². The molecule has 1 unspecified atom stereocenters. The van der Waals surface area contributed by atoms with Crippen molar-refractivity contribution >= 4 is 40.3 Å². The predicted molar refractivity (Wildman–Crippen MR) is 117 cm³/mol. The van der Waals surface area contributed by atoms with E-state index in [4.69, 9.17) is 12.2 Å². The second-order valence-electron chi connectivity index (χ2n) is 6.13. The van der Waals surface area contributed by atoms with Gasteiger partial charge in [0.15, 0.2) is 5.11 Å². The number of carbonyl (C=O) groups is 1. The van der Waals surface area contributed by atoms with Gasteiger partial charge in [0, 0.05) is 6.54 Å². The van der Waals surface area contributed by atoms with Crippen molar-refractivity contribution in [1.29, 1.82) is 0 Å². The van der Waals surface area contributed by atoms with E-state index >= 15 is 0 Å². The van der Waals surface area contributed by atoms with Gasteiger partial charge >= 0.3 is 0 Å². The van der Waals surface area contributed by atoms with Crippen LogP contribution in [0.25, 0.3) is 0 Å². The molecule has 1 amide bonds. The first-order valence-electron chi connectivity index (χ1n) is 8.83. The summed E-state index contributed by atoms with van der Waals surface area (Å²) in [5, 5.41) is 13.7. The van der Waals surface area contributed by atoms with Crippen LogP contribution in [0.2, 0.25) is 0 Å². The normalized spacial score (nSPS) is 16.5. The van der Waals surface area contributed by atoms with E-state index in [-0.39, 0.29) is 5.91 Å². The lowest BCUT2D eigenvalue weighted by atomic mass is 9.93. The van der Waals surface area contributed by atoms with Crippen LogP contribution in [0, 0.1) is 5.92 Å². The van der Waals surface area contributed by atoms with E-state index in [0.29, 0.717) is 23.1 Å². The Bertz CT molecular complexity index is 924. The van der Waals surface area contributed by atoms with Crippen molar-refractivity contribution in [2.75, 3.05) is 11.6 Å². The molecule has 7 heteroatoms. The summed E-state index contributed by atoms with van der Waals surface area (Å²) in [5.41, 5.74) is 5.60. The van der Waals surface area contributed by atoms with Crippen LogP contribution >= 0.6 is 12.2 Å². The maximum atomic E-state index is 13.2. The van der Waals surface area contributed by atoms with E-state index in [2.05, 4.69) is 27.5 Å². The van der Waals surface area contributed by atoms with Gasteiger partial charge in [-0.15, -0.1) is 6.58 Å². The van der Waals surface area contributed by atoms with Gasteiger partial charge in [0.25, 0.3) is 5.91 Å². The number of rotatable bonds is 6. The highest BCUT2D eigenvalue weighted by Crippen LogP contribution is 2.26. The number of nitrogens with one attached hydrogen (secondary N) is 2. The molecule has 0 aliphatic carbocycles. The molecule has 0 radical (unpaired) electrons. The third kappa shape index (κ3) is 4.32. The number of benzene rings is 2. The van der Waals surface area contributed by atoms with Crippen molar-refractivity contribution < 1.29 is 4.79 Å². The van der Waals surface area contributed by atoms with Gasteiger partial charge in [-0.25, -0.2) is 0 Å². The molecule has 0 bridgehead atoms. The molecule has 3 rings (SSSR count). The Balaban J connectivity index is 1.92. The number of nitrogens with zero attached hydrogens (tertiary/aromatic N) is 3. The molecule has 0 fully saturated rings. The molecule has 0 saturated carbocycles. The number of para-hydroxylation sites is 1. The first-order valence-corrected chi connectivity index (χ1v) is 9.24. The molecule has 2 aromatic carbocycles. The molecule has 1 heterocycles. The minimum Gasteiger partial charge on any atom is -0.358 e. The van der Waals surface area contributed by atoms with Crippen LogP contribution in [0.3, 0.4) is 0 Å². The van der Waals surface area contributed by atoms with E-state index in [1.807, 2.05) is 67.6 Å². The Hall–Kier alpha value is -3.32. The minimum atomic E-state index is -0.600. The molecule has 0 saturated heterocycles. The largest absolute Gasteiger partial charge is 0.358 e. The Kier molecular flexibility index (Phi) is 6.29. The fourth-order valence-corrected chi connectivity index (χ4v) is 2.98. The summed E-state index contributed by atoms with van der Waals surface area (Å²) in [6.45, 7) is 6.00. The van der Waals surface area contributed by atoms with Gasteiger partial charge in [-0.05, 0) is 36.8 Å². The number of thiocarbonyl (C=S) groups is 1. The van der Waals surface area contributed by atoms with Gasteiger partial charge in [0.05, 0.1) is 17.1 Å². The molecule has 0 aromatic heterocycles. The average molecular weight is 392 g/mol. The molecule has 2 aromatic rings. The van der Waals surface area contributed by atoms with Crippen molar-refractivity contribution in [2.45, 2.75) is 6.92 Å². The van der Waals surface area contributed by atoms with Crippen LogP contribution in [0.5, 0.6) is 0 Å². The van der Waals surface area contributed by atoms with Gasteiger partial charge in [-0.3, -0.25) is 10.2 Å². The topological polar surface area (TPSA) is 69.1 Å². The van der Waals surface area contributed by atoms with Crippen LogP contribution in [0.15, 0.2) is 83.5 Å². The SMILES string of the molecule is C=CCNC(=S)N/N=C(/c1ccccc1)C1C(=O)N(c2ccccc2)N=C1C. The fraction of sp³-hybridized carbons (Fsp3) is 0.143. The second-order valence-corrected chi connectivity index (χ2v) is 6.54. The monoisotopic (exact) mass is 391 g/mol. The van der Waals surface area contributed by atoms with Gasteiger partial charge in [0.1, 0.15) is 5.92 Å². The third-order valence-corrected chi connectivity index (χ3v) is 4.40. The number of hydrazone groups is 2. The van der Waals surface area contributed by atoms with Gasteiger partial charge in [0.2, 0.25) is 0 Å². The highest BCUT2D eigenvalue weighted by atomic mass is 32.1. The molecular weight excluding hydrogens is 370 g/mol. The molecule has 142 valence electrons. The quantitative estimate of drug-likeness (QED) is 0.344. The van der Waals surface area contributed by atoms with Gasteiger partial charge < -0.3 is 5.32 Å². The van der Waals surface area contributed by atoms with Gasteiger partial charge in [-0.1, -0.05) is 54.6 Å². The summed E-state index contributed by atoms with van der Waals surface area (Å²) >= 11 is 5.22.